The highest BCUT2D eigenvalue weighted by atomic mass is 32.2. The van der Waals surface area contributed by atoms with E-state index in [1.807, 2.05) is 0 Å². The quantitative estimate of drug-likeness (QED) is 0.796. The molecule has 1 aliphatic heterocycles. The molecule has 1 heterocycles. The molecule has 5 heteroatoms. The van der Waals surface area contributed by atoms with Crippen molar-refractivity contribution in [3.05, 3.63) is 0 Å². The number of nitrogens with one attached hydrogen (secondary N) is 1. The van der Waals surface area contributed by atoms with Crippen LogP contribution in [0.5, 0.6) is 0 Å². The molecule has 3 atom stereocenters. The molecular weight excluding hydrogens is 260 g/mol. The van der Waals surface area contributed by atoms with Crippen molar-refractivity contribution >= 4 is 9.84 Å². The fourth-order valence-corrected chi connectivity index (χ4v) is 5.04. The Kier molecular flexibility index (Phi) is 4.90. The fraction of sp³-hybridized carbons (Fsp3) is 1.00. The Hall–Kier alpha value is -0.130. The molecule has 0 amide bonds. The van der Waals surface area contributed by atoms with Crippen LogP contribution in [0.1, 0.15) is 33.1 Å². The van der Waals surface area contributed by atoms with Crippen LogP contribution in [0, 0.1) is 11.8 Å². The number of nitrogens with zero attached hydrogens (tertiary/aromatic N) is 1. The van der Waals surface area contributed by atoms with E-state index in [0.717, 1.165) is 19.5 Å². The van der Waals surface area contributed by atoms with Gasteiger partial charge in [-0.15, -0.1) is 0 Å². The summed E-state index contributed by atoms with van der Waals surface area (Å²) < 4.78 is 23.1. The summed E-state index contributed by atoms with van der Waals surface area (Å²) >= 11 is 0. The van der Waals surface area contributed by atoms with E-state index in [1.54, 1.807) is 0 Å². The van der Waals surface area contributed by atoms with Crippen molar-refractivity contribution in [2.45, 2.75) is 45.2 Å². The smallest absolute Gasteiger partial charge is 0.151 e. The van der Waals surface area contributed by atoms with Crippen LogP contribution in [0.15, 0.2) is 0 Å². The van der Waals surface area contributed by atoms with Crippen molar-refractivity contribution in [2.24, 2.45) is 11.8 Å². The van der Waals surface area contributed by atoms with Crippen molar-refractivity contribution in [3.8, 4) is 0 Å². The van der Waals surface area contributed by atoms with Crippen LogP contribution in [0.4, 0.5) is 0 Å². The van der Waals surface area contributed by atoms with Gasteiger partial charge in [-0.25, -0.2) is 8.42 Å². The zero-order valence-electron chi connectivity index (χ0n) is 12.4. The summed E-state index contributed by atoms with van der Waals surface area (Å²) in [5.74, 6) is 2.14. The minimum atomic E-state index is -2.76. The van der Waals surface area contributed by atoms with Gasteiger partial charge in [-0.05, 0) is 51.2 Å². The largest absolute Gasteiger partial charge is 0.316 e. The van der Waals surface area contributed by atoms with Gasteiger partial charge in [-0.2, -0.15) is 0 Å². The number of hydrogen-bond acceptors (Lipinski definition) is 4. The van der Waals surface area contributed by atoms with Crippen LogP contribution >= 0.6 is 0 Å². The molecule has 0 aromatic carbocycles. The molecule has 0 spiro atoms. The van der Waals surface area contributed by atoms with Crippen molar-refractivity contribution in [1.29, 1.82) is 0 Å². The van der Waals surface area contributed by atoms with Crippen LogP contribution in [0.2, 0.25) is 0 Å². The van der Waals surface area contributed by atoms with E-state index in [1.165, 1.54) is 12.8 Å². The van der Waals surface area contributed by atoms with Gasteiger partial charge in [0.05, 0.1) is 11.5 Å². The third-order valence-corrected chi connectivity index (χ3v) is 6.39. The van der Waals surface area contributed by atoms with Crippen LogP contribution in [-0.2, 0) is 9.84 Å². The number of rotatable bonds is 6. The average Bonchev–Trinajstić information content (AvgIpc) is 2.63. The highest BCUT2D eigenvalue weighted by Gasteiger charge is 2.39. The molecule has 3 unspecified atom stereocenters. The summed E-state index contributed by atoms with van der Waals surface area (Å²) in [6.45, 7) is 6.60. The van der Waals surface area contributed by atoms with Gasteiger partial charge < -0.3 is 5.32 Å². The summed E-state index contributed by atoms with van der Waals surface area (Å²) in [7, 11) is -0.645. The molecule has 112 valence electrons. The molecule has 1 saturated heterocycles. The lowest BCUT2D eigenvalue weighted by atomic mass is 9.78. The molecule has 1 aliphatic carbocycles. The summed E-state index contributed by atoms with van der Waals surface area (Å²) in [6, 6.07) is 0.834. The molecule has 4 nitrogen and oxygen atoms in total. The maximum atomic E-state index is 11.6. The first-order chi connectivity index (χ1) is 8.89. The lowest BCUT2D eigenvalue weighted by Gasteiger charge is -2.45. The van der Waals surface area contributed by atoms with E-state index in [-0.39, 0.29) is 6.04 Å². The van der Waals surface area contributed by atoms with Gasteiger partial charge in [-0.1, -0.05) is 13.8 Å². The molecule has 0 radical (unpaired) electrons. The van der Waals surface area contributed by atoms with Gasteiger partial charge in [-0.3, -0.25) is 4.90 Å². The Morgan fingerprint density at radius 1 is 1.26 bits per heavy atom. The standard InChI is InChI=1S/C14H28N2O2S/c1-11(2)8-15-9-12-4-5-14(12)16(3)13-6-7-19(17,18)10-13/h11-15H,4-10H2,1-3H3. The Balaban J connectivity index is 1.78. The second kappa shape index (κ2) is 6.10. The molecule has 2 aliphatic rings. The Morgan fingerprint density at radius 2 is 2.00 bits per heavy atom. The second-order valence-corrected chi connectivity index (χ2v) is 8.91. The van der Waals surface area contributed by atoms with E-state index in [2.05, 4.69) is 31.1 Å². The van der Waals surface area contributed by atoms with Crippen LogP contribution in [-0.4, -0.2) is 57.0 Å². The highest BCUT2D eigenvalue weighted by Crippen LogP contribution is 2.34. The van der Waals surface area contributed by atoms with Crippen molar-refractivity contribution in [2.75, 3.05) is 31.6 Å². The molecule has 2 rings (SSSR count). The first kappa shape index (κ1) is 15.3. The van der Waals surface area contributed by atoms with Gasteiger partial charge in [0.1, 0.15) is 0 Å². The molecule has 1 N–H and O–H groups in total. The average molecular weight is 288 g/mol. The summed E-state index contributed by atoms with van der Waals surface area (Å²) in [6.07, 6.45) is 3.32. The molecule has 2 fully saturated rings. The zero-order chi connectivity index (χ0) is 14.0. The Labute approximate surface area is 117 Å². The first-order valence-corrected chi connectivity index (χ1v) is 9.34. The van der Waals surface area contributed by atoms with Crippen molar-refractivity contribution in [1.82, 2.24) is 10.2 Å². The minimum absolute atomic E-state index is 0.253. The lowest BCUT2D eigenvalue weighted by Crippen LogP contribution is -2.53. The Bertz CT molecular complexity index is 394. The predicted molar refractivity (Wildman–Crippen MR) is 79.0 cm³/mol. The van der Waals surface area contributed by atoms with Gasteiger partial charge in [0.2, 0.25) is 0 Å². The molecule has 0 aromatic heterocycles. The van der Waals surface area contributed by atoms with Crippen molar-refractivity contribution < 1.29 is 8.42 Å². The maximum absolute atomic E-state index is 11.6. The second-order valence-electron chi connectivity index (χ2n) is 6.68. The molecule has 0 bridgehead atoms. The van der Waals surface area contributed by atoms with E-state index >= 15 is 0 Å². The highest BCUT2D eigenvalue weighted by molar-refractivity contribution is 7.91. The molecule has 19 heavy (non-hydrogen) atoms. The third kappa shape index (κ3) is 3.92. The predicted octanol–water partition coefficient (Wildman–Crippen LogP) is 1.13. The third-order valence-electron chi connectivity index (χ3n) is 4.64. The van der Waals surface area contributed by atoms with Crippen LogP contribution < -0.4 is 5.32 Å². The Morgan fingerprint density at radius 3 is 2.47 bits per heavy atom. The van der Waals surface area contributed by atoms with E-state index in [9.17, 15) is 8.42 Å². The number of sulfone groups is 1. The van der Waals surface area contributed by atoms with E-state index in [4.69, 9.17) is 0 Å². The summed E-state index contributed by atoms with van der Waals surface area (Å²) in [5, 5.41) is 3.53. The minimum Gasteiger partial charge on any atom is -0.316 e. The van der Waals surface area contributed by atoms with Gasteiger partial charge in [0.15, 0.2) is 9.84 Å². The normalized spacial score (nSPS) is 33.8. The summed E-state index contributed by atoms with van der Waals surface area (Å²) in [4.78, 5) is 2.34. The SMILES string of the molecule is CC(C)CNCC1CCC1N(C)C1CCS(=O)(=O)C1. The van der Waals surface area contributed by atoms with Crippen molar-refractivity contribution in [3.63, 3.8) is 0 Å². The fourth-order valence-electron chi connectivity index (χ4n) is 3.25. The van der Waals surface area contributed by atoms with E-state index < -0.39 is 9.84 Å². The van der Waals surface area contributed by atoms with Gasteiger partial charge >= 0.3 is 0 Å². The van der Waals surface area contributed by atoms with E-state index in [0.29, 0.717) is 29.4 Å². The molecule has 1 saturated carbocycles. The lowest BCUT2D eigenvalue weighted by molar-refractivity contribution is 0.0571. The topological polar surface area (TPSA) is 49.4 Å². The van der Waals surface area contributed by atoms with Gasteiger partial charge in [0.25, 0.3) is 0 Å². The monoisotopic (exact) mass is 288 g/mol. The first-order valence-electron chi connectivity index (χ1n) is 7.52. The van der Waals surface area contributed by atoms with Crippen LogP contribution in [0.25, 0.3) is 0 Å². The molecule has 0 aromatic rings. The molecular formula is C14H28N2O2S. The number of hydrogen-bond donors (Lipinski definition) is 1. The van der Waals surface area contributed by atoms with Gasteiger partial charge in [0, 0.05) is 12.1 Å². The zero-order valence-corrected chi connectivity index (χ0v) is 13.2. The van der Waals surface area contributed by atoms with Crippen LogP contribution in [0.3, 0.4) is 0 Å². The summed E-state index contributed by atoms with van der Waals surface area (Å²) in [5.41, 5.74) is 0. The maximum Gasteiger partial charge on any atom is 0.151 e.